The summed E-state index contributed by atoms with van der Waals surface area (Å²) in [7, 11) is -3.19. The van der Waals surface area contributed by atoms with Gasteiger partial charge in [-0.15, -0.1) is 0 Å². The number of nitrogens with zero attached hydrogens (tertiary/aromatic N) is 1. The van der Waals surface area contributed by atoms with Crippen LogP contribution in [0.15, 0.2) is 24.3 Å². The quantitative estimate of drug-likeness (QED) is 0.810. The maximum absolute atomic E-state index is 11.6. The number of sulfonamides is 1. The van der Waals surface area contributed by atoms with E-state index in [2.05, 4.69) is 49.4 Å². The Morgan fingerprint density at radius 2 is 1.88 bits per heavy atom. The van der Waals surface area contributed by atoms with Crippen molar-refractivity contribution in [2.45, 2.75) is 46.1 Å². The predicted octanol–water partition coefficient (Wildman–Crippen LogP) is 3.73. The summed E-state index contributed by atoms with van der Waals surface area (Å²) in [4.78, 5) is 2.40. The number of halogens is 1. The third-order valence-electron chi connectivity index (χ3n) is 5.21. The zero-order valence-corrected chi connectivity index (χ0v) is 17.5. The van der Waals surface area contributed by atoms with Gasteiger partial charge in [0.1, 0.15) is 0 Å². The Bertz CT molecular complexity index is 671. The molecule has 1 aromatic carbocycles. The van der Waals surface area contributed by atoms with Crippen LogP contribution in [0.5, 0.6) is 0 Å². The molecule has 0 aromatic heterocycles. The lowest BCUT2D eigenvalue weighted by atomic mass is 9.70. The molecule has 0 bridgehead atoms. The second-order valence-electron chi connectivity index (χ2n) is 8.36. The minimum absolute atomic E-state index is 0.0575. The summed E-state index contributed by atoms with van der Waals surface area (Å²) in [5, 5.41) is 0.769. The molecule has 6 heteroatoms. The normalized spacial score (nSPS) is 22.9. The van der Waals surface area contributed by atoms with Crippen molar-refractivity contribution < 1.29 is 8.42 Å². The first-order valence-electron chi connectivity index (χ1n) is 8.93. The van der Waals surface area contributed by atoms with Crippen molar-refractivity contribution in [2.75, 3.05) is 25.9 Å². The van der Waals surface area contributed by atoms with Crippen molar-refractivity contribution in [3.05, 3.63) is 34.9 Å². The van der Waals surface area contributed by atoms with Crippen LogP contribution in [0.4, 0.5) is 0 Å². The summed E-state index contributed by atoms with van der Waals surface area (Å²) in [5.41, 5.74) is 1.46. The second kappa shape index (κ2) is 7.95. The molecular weight excluding hydrogens is 356 g/mol. The minimum atomic E-state index is -3.19. The maximum atomic E-state index is 11.6. The highest BCUT2D eigenvalue weighted by Crippen LogP contribution is 2.42. The smallest absolute Gasteiger partial charge is 0.209 e. The molecule has 0 unspecified atom stereocenters. The molecule has 1 aliphatic rings. The van der Waals surface area contributed by atoms with E-state index in [-0.39, 0.29) is 17.4 Å². The molecule has 2 atom stereocenters. The van der Waals surface area contributed by atoms with Crippen LogP contribution < -0.4 is 4.72 Å². The zero-order valence-electron chi connectivity index (χ0n) is 15.9. The molecule has 25 heavy (non-hydrogen) atoms. The molecule has 1 saturated heterocycles. The van der Waals surface area contributed by atoms with Crippen LogP contribution in [0, 0.1) is 11.3 Å². The molecule has 1 aromatic rings. The SMILES string of the molecule is CC(C)[C@H](CN1CC[C@H](c2ccc(Cl)cc2)C(C)(C)C1)NS(C)(=O)=O. The van der Waals surface area contributed by atoms with Gasteiger partial charge in [-0.2, -0.15) is 0 Å². The number of hydrogen-bond donors (Lipinski definition) is 1. The molecule has 0 amide bonds. The first-order valence-corrected chi connectivity index (χ1v) is 11.2. The number of piperidine rings is 1. The van der Waals surface area contributed by atoms with E-state index in [1.165, 1.54) is 11.8 Å². The molecule has 1 N–H and O–H groups in total. The average molecular weight is 387 g/mol. The monoisotopic (exact) mass is 386 g/mol. The molecule has 4 nitrogen and oxygen atoms in total. The minimum Gasteiger partial charge on any atom is -0.301 e. The van der Waals surface area contributed by atoms with Gasteiger partial charge in [0.05, 0.1) is 6.26 Å². The standard InChI is InChI=1S/C19H31ClN2O2S/c1-14(2)18(21-25(5,23)24)12-22-11-10-17(19(3,4)13-22)15-6-8-16(20)9-7-15/h6-9,14,17-18,21H,10-13H2,1-5H3/t17-,18+/m1/s1. The highest BCUT2D eigenvalue weighted by atomic mass is 35.5. The number of rotatable bonds is 6. The van der Waals surface area contributed by atoms with Gasteiger partial charge in [-0.25, -0.2) is 13.1 Å². The fourth-order valence-corrected chi connectivity index (χ4v) is 4.90. The number of hydrogen-bond acceptors (Lipinski definition) is 3. The molecule has 0 radical (unpaired) electrons. The summed E-state index contributed by atoms with van der Waals surface area (Å²) in [5.74, 6) is 0.744. The van der Waals surface area contributed by atoms with Gasteiger partial charge < -0.3 is 4.90 Å². The largest absolute Gasteiger partial charge is 0.301 e. The van der Waals surface area contributed by atoms with Gasteiger partial charge in [0.2, 0.25) is 10.0 Å². The Morgan fingerprint density at radius 1 is 1.28 bits per heavy atom. The highest BCUT2D eigenvalue weighted by Gasteiger charge is 2.37. The molecule has 142 valence electrons. The van der Waals surface area contributed by atoms with Crippen molar-refractivity contribution in [2.24, 2.45) is 11.3 Å². The van der Waals surface area contributed by atoms with Crippen LogP contribution >= 0.6 is 11.6 Å². The molecule has 2 rings (SSSR count). The molecule has 1 fully saturated rings. The first kappa shape index (κ1) is 20.7. The van der Waals surface area contributed by atoms with Gasteiger partial charge in [-0.3, -0.25) is 0 Å². The third-order valence-corrected chi connectivity index (χ3v) is 6.19. The van der Waals surface area contributed by atoms with Crippen molar-refractivity contribution in [1.29, 1.82) is 0 Å². The Balaban J connectivity index is 2.07. The van der Waals surface area contributed by atoms with Crippen molar-refractivity contribution >= 4 is 21.6 Å². The van der Waals surface area contributed by atoms with Crippen molar-refractivity contribution in [1.82, 2.24) is 9.62 Å². The van der Waals surface area contributed by atoms with Gasteiger partial charge in [0.15, 0.2) is 0 Å². The zero-order chi connectivity index (χ0) is 18.8. The summed E-state index contributed by atoms with van der Waals surface area (Å²) in [6.45, 7) is 11.4. The van der Waals surface area contributed by atoms with Crippen molar-refractivity contribution in [3.63, 3.8) is 0 Å². The van der Waals surface area contributed by atoms with Gasteiger partial charge in [-0.1, -0.05) is 51.4 Å². The van der Waals surface area contributed by atoms with Crippen LogP contribution in [0.1, 0.15) is 45.6 Å². The summed E-state index contributed by atoms with van der Waals surface area (Å²) >= 11 is 6.02. The Kier molecular flexibility index (Phi) is 6.58. The van der Waals surface area contributed by atoms with Crippen LogP contribution in [-0.2, 0) is 10.0 Å². The molecule has 0 saturated carbocycles. The van der Waals surface area contributed by atoms with E-state index in [0.29, 0.717) is 5.92 Å². The molecule has 0 aliphatic carbocycles. The van der Waals surface area contributed by atoms with Crippen LogP contribution in [0.3, 0.4) is 0 Å². The lowest BCUT2D eigenvalue weighted by Crippen LogP contribution is -2.51. The Morgan fingerprint density at radius 3 is 2.36 bits per heavy atom. The summed E-state index contributed by atoms with van der Waals surface area (Å²) < 4.78 is 26.1. The van der Waals surface area contributed by atoms with E-state index >= 15 is 0 Å². The Labute approximate surface area is 158 Å². The first-order chi connectivity index (χ1) is 11.5. The van der Waals surface area contributed by atoms with E-state index in [1.54, 1.807) is 0 Å². The van der Waals surface area contributed by atoms with Gasteiger partial charge in [0.25, 0.3) is 0 Å². The van der Waals surface area contributed by atoms with E-state index in [0.717, 1.165) is 31.1 Å². The number of nitrogens with one attached hydrogen (secondary N) is 1. The lowest BCUT2D eigenvalue weighted by Gasteiger charge is -2.46. The summed E-state index contributed by atoms with van der Waals surface area (Å²) in [6.07, 6.45) is 2.30. The Hall–Kier alpha value is -0.620. The topological polar surface area (TPSA) is 49.4 Å². The molecule has 1 aliphatic heterocycles. The summed E-state index contributed by atoms with van der Waals surface area (Å²) in [6, 6.07) is 8.13. The van der Waals surface area contributed by atoms with Gasteiger partial charge >= 0.3 is 0 Å². The van der Waals surface area contributed by atoms with E-state index < -0.39 is 10.0 Å². The fourth-order valence-electron chi connectivity index (χ4n) is 3.87. The molecule has 0 spiro atoms. The van der Waals surface area contributed by atoms with E-state index in [9.17, 15) is 8.42 Å². The van der Waals surface area contributed by atoms with E-state index in [4.69, 9.17) is 11.6 Å². The van der Waals surface area contributed by atoms with E-state index in [1.807, 2.05) is 12.1 Å². The molecule has 1 heterocycles. The fraction of sp³-hybridized carbons (Fsp3) is 0.684. The number of likely N-dealkylation sites (tertiary alicyclic amines) is 1. The second-order valence-corrected chi connectivity index (χ2v) is 10.6. The van der Waals surface area contributed by atoms with Crippen LogP contribution in [0.25, 0.3) is 0 Å². The van der Waals surface area contributed by atoms with Gasteiger partial charge in [0, 0.05) is 24.2 Å². The van der Waals surface area contributed by atoms with Crippen molar-refractivity contribution in [3.8, 4) is 0 Å². The number of benzene rings is 1. The lowest BCUT2D eigenvalue weighted by molar-refractivity contribution is 0.0823. The molecular formula is C19H31ClN2O2S. The predicted molar refractivity (Wildman–Crippen MR) is 106 cm³/mol. The maximum Gasteiger partial charge on any atom is 0.209 e. The third kappa shape index (κ3) is 5.95. The highest BCUT2D eigenvalue weighted by molar-refractivity contribution is 7.88. The van der Waals surface area contributed by atoms with Gasteiger partial charge in [-0.05, 0) is 47.9 Å². The van der Waals surface area contributed by atoms with Crippen LogP contribution in [-0.4, -0.2) is 45.2 Å². The average Bonchev–Trinajstić information content (AvgIpc) is 2.45. The van der Waals surface area contributed by atoms with Crippen LogP contribution in [0.2, 0.25) is 5.02 Å².